The van der Waals surface area contributed by atoms with E-state index in [-0.39, 0.29) is 17.6 Å². The number of rotatable bonds is 10. The Kier molecular flexibility index (Phi) is 9.23. The van der Waals surface area contributed by atoms with Crippen LogP contribution in [-0.4, -0.2) is 84.8 Å². The first-order valence-corrected chi connectivity index (χ1v) is 15.5. The topological polar surface area (TPSA) is 117 Å². The Labute approximate surface area is 259 Å². The second-order valence-electron chi connectivity index (χ2n) is 12.0. The van der Waals surface area contributed by atoms with Crippen LogP contribution in [0.5, 0.6) is 5.88 Å². The summed E-state index contributed by atoms with van der Waals surface area (Å²) in [6.45, 7) is 9.86. The van der Waals surface area contributed by atoms with E-state index in [9.17, 15) is 4.79 Å². The number of hydrogen-bond donors (Lipinski definition) is 3. The molecule has 0 bridgehead atoms. The van der Waals surface area contributed by atoms with E-state index in [2.05, 4.69) is 66.5 Å². The Morgan fingerprint density at radius 2 is 1.84 bits per heavy atom. The number of pyridine rings is 1. The van der Waals surface area contributed by atoms with E-state index >= 15 is 0 Å². The molecule has 1 spiro atoms. The summed E-state index contributed by atoms with van der Waals surface area (Å²) in [4.78, 5) is 31.5. The van der Waals surface area contributed by atoms with Gasteiger partial charge in [-0.15, -0.1) is 6.58 Å². The molecule has 3 saturated heterocycles. The number of likely N-dealkylation sites (tertiary alicyclic amines) is 1. The van der Waals surface area contributed by atoms with Gasteiger partial charge < -0.3 is 35.2 Å². The third kappa shape index (κ3) is 7.28. The molecule has 2 aromatic heterocycles. The summed E-state index contributed by atoms with van der Waals surface area (Å²) in [5, 5.41) is 9.28. The number of benzene rings is 1. The van der Waals surface area contributed by atoms with Gasteiger partial charge in [-0.3, -0.25) is 4.79 Å². The van der Waals surface area contributed by atoms with E-state index in [1.807, 2.05) is 18.2 Å². The van der Waals surface area contributed by atoms with Crippen LogP contribution in [0.25, 0.3) is 0 Å². The molecule has 5 heterocycles. The van der Waals surface area contributed by atoms with Crippen LogP contribution in [0.4, 0.5) is 29.0 Å². The molecule has 44 heavy (non-hydrogen) atoms. The van der Waals surface area contributed by atoms with Crippen molar-refractivity contribution in [2.75, 3.05) is 68.5 Å². The quantitative estimate of drug-likeness (QED) is 0.282. The first-order valence-electron chi connectivity index (χ1n) is 15.5. The first kappa shape index (κ1) is 29.8. The van der Waals surface area contributed by atoms with Crippen LogP contribution in [0, 0.1) is 5.41 Å². The summed E-state index contributed by atoms with van der Waals surface area (Å²) in [5.74, 6) is 1.34. The predicted octanol–water partition coefficient (Wildman–Crippen LogP) is 4.75. The zero-order chi connectivity index (χ0) is 30.4. The highest BCUT2D eigenvalue weighted by molar-refractivity contribution is 5.99. The molecule has 11 nitrogen and oxygen atoms in total. The second kappa shape index (κ2) is 13.6. The summed E-state index contributed by atoms with van der Waals surface area (Å²) < 4.78 is 11.4. The molecular weight excluding hydrogens is 556 g/mol. The molecule has 0 radical (unpaired) electrons. The Morgan fingerprint density at radius 1 is 1.07 bits per heavy atom. The second-order valence-corrected chi connectivity index (χ2v) is 12.0. The first-order chi connectivity index (χ1) is 21.5. The smallest absolute Gasteiger partial charge is 0.256 e. The molecule has 3 fully saturated rings. The van der Waals surface area contributed by atoms with Crippen LogP contribution in [0.1, 0.15) is 42.5 Å². The van der Waals surface area contributed by atoms with Crippen molar-refractivity contribution in [1.29, 1.82) is 0 Å². The number of nitrogens with zero attached hydrogens (tertiary/aromatic N) is 5. The van der Waals surface area contributed by atoms with Crippen molar-refractivity contribution >= 4 is 34.9 Å². The molecule has 3 aliphatic rings. The summed E-state index contributed by atoms with van der Waals surface area (Å²) >= 11 is 0. The molecule has 3 N–H and O–H groups in total. The fourth-order valence-corrected chi connectivity index (χ4v) is 6.13. The monoisotopic (exact) mass is 598 g/mol. The van der Waals surface area contributed by atoms with Crippen LogP contribution in [0.2, 0.25) is 0 Å². The van der Waals surface area contributed by atoms with Crippen LogP contribution in [-0.2, 0) is 4.74 Å². The Morgan fingerprint density at radius 3 is 2.57 bits per heavy atom. The highest BCUT2D eigenvalue weighted by Crippen LogP contribution is 2.42. The van der Waals surface area contributed by atoms with Gasteiger partial charge in [0, 0.05) is 49.7 Å². The molecule has 1 amide bonds. The van der Waals surface area contributed by atoms with E-state index in [0.29, 0.717) is 48.6 Å². The third-order valence-electron chi connectivity index (χ3n) is 8.95. The summed E-state index contributed by atoms with van der Waals surface area (Å²) in [5.41, 5.74) is 2.90. The zero-order valence-corrected chi connectivity index (χ0v) is 25.4. The summed E-state index contributed by atoms with van der Waals surface area (Å²) in [6, 6.07) is 13.8. The SMILES string of the molecule is C=CCNC(=O)c1cnc(Nc2ccc(N3CCC4(CCN(C)CC4)CC3)cc2)nc1Nc1cccc(OC2CCOC2)n1. The molecule has 11 heteroatoms. The fourth-order valence-electron chi connectivity index (χ4n) is 6.13. The number of carbonyl (C=O) groups excluding carboxylic acids is 1. The van der Waals surface area contributed by atoms with Gasteiger partial charge in [-0.2, -0.15) is 9.97 Å². The molecule has 6 rings (SSSR count). The van der Waals surface area contributed by atoms with E-state index < -0.39 is 0 Å². The normalized spacial score (nSPS) is 19.8. The van der Waals surface area contributed by atoms with Gasteiger partial charge in [0.25, 0.3) is 5.91 Å². The third-order valence-corrected chi connectivity index (χ3v) is 8.95. The number of nitrogens with one attached hydrogen (secondary N) is 3. The lowest BCUT2D eigenvalue weighted by Crippen LogP contribution is -2.46. The molecule has 0 aliphatic carbocycles. The molecular formula is C33H42N8O3. The molecule has 1 atom stereocenters. The maximum atomic E-state index is 12.9. The maximum Gasteiger partial charge on any atom is 0.256 e. The zero-order valence-electron chi connectivity index (χ0n) is 25.4. The van der Waals surface area contributed by atoms with Crippen molar-refractivity contribution in [3.8, 4) is 5.88 Å². The van der Waals surface area contributed by atoms with E-state index in [4.69, 9.17) is 9.47 Å². The number of amides is 1. The van der Waals surface area contributed by atoms with E-state index in [1.165, 1.54) is 50.7 Å². The van der Waals surface area contributed by atoms with Crippen LogP contribution >= 0.6 is 0 Å². The summed E-state index contributed by atoms with van der Waals surface area (Å²) in [7, 11) is 2.23. The van der Waals surface area contributed by atoms with Gasteiger partial charge in [0.05, 0.1) is 13.2 Å². The molecule has 1 unspecified atom stereocenters. The fraction of sp³-hybridized carbons (Fsp3) is 0.455. The minimum atomic E-state index is -0.317. The van der Waals surface area contributed by atoms with Crippen LogP contribution < -0.4 is 25.6 Å². The van der Waals surface area contributed by atoms with Gasteiger partial charge in [-0.05, 0) is 81.6 Å². The van der Waals surface area contributed by atoms with Crippen molar-refractivity contribution in [3.05, 3.63) is 66.9 Å². The van der Waals surface area contributed by atoms with Crippen molar-refractivity contribution in [2.24, 2.45) is 5.41 Å². The van der Waals surface area contributed by atoms with E-state index in [1.54, 1.807) is 18.2 Å². The van der Waals surface area contributed by atoms with Gasteiger partial charge in [0.15, 0.2) is 0 Å². The van der Waals surface area contributed by atoms with Crippen molar-refractivity contribution in [1.82, 2.24) is 25.2 Å². The number of carbonyl (C=O) groups is 1. The number of hydrogen-bond acceptors (Lipinski definition) is 10. The van der Waals surface area contributed by atoms with Crippen molar-refractivity contribution < 1.29 is 14.3 Å². The Balaban J connectivity index is 1.13. The lowest BCUT2D eigenvalue weighted by Gasteiger charge is -2.46. The maximum absolute atomic E-state index is 12.9. The number of aromatic nitrogens is 3. The Hall–Kier alpha value is -4.22. The van der Waals surface area contributed by atoms with Gasteiger partial charge in [-0.25, -0.2) is 4.98 Å². The average Bonchev–Trinajstić information content (AvgIpc) is 3.56. The van der Waals surface area contributed by atoms with Crippen LogP contribution in [0.3, 0.4) is 0 Å². The van der Waals surface area contributed by atoms with Gasteiger partial charge >= 0.3 is 0 Å². The average molecular weight is 599 g/mol. The van der Waals surface area contributed by atoms with Crippen LogP contribution in [0.15, 0.2) is 61.3 Å². The predicted molar refractivity (Wildman–Crippen MR) is 172 cm³/mol. The lowest BCUT2D eigenvalue weighted by molar-refractivity contribution is 0.0944. The van der Waals surface area contributed by atoms with E-state index in [0.717, 1.165) is 25.2 Å². The minimum Gasteiger partial charge on any atom is -0.472 e. The number of anilines is 5. The van der Waals surface area contributed by atoms with Gasteiger partial charge in [-0.1, -0.05) is 12.1 Å². The molecule has 3 aromatic rings. The summed E-state index contributed by atoms with van der Waals surface area (Å²) in [6.07, 6.45) is 9.08. The lowest BCUT2D eigenvalue weighted by atomic mass is 9.71. The van der Waals surface area contributed by atoms with Gasteiger partial charge in [0.2, 0.25) is 11.8 Å². The highest BCUT2D eigenvalue weighted by Gasteiger charge is 2.36. The molecule has 3 aliphatic heterocycles. The van der Waals surface area contributed by atoms with Crippen molar-refractivity contribution in [2.45, 2.75) is 38.2 Å². The number of ether oxygens (including phenoxy) is 2. The minimum absolute atomic E-state index is 0.0232. The van der Waals surface area contributed by atoms with Gasteiger partial charge in [0.1, 0.15) is 23.3 Å². The molecule has 232 valence electrons. The standard InChI is InChI=1S/C33H42N8O3/c1-3-16-34-31(42)27-22-35-32(39-30(27)38-28-5-4-6-29(37-28)44-26-11-21-43-23-26)36-24-7-9-25(10-8-24)41-19-14-33(15-20-41)12-17-40(2)18-13-33/h3-10,22,26H,1,11-21,23H2,2H3,(H,34,42)(H2,35,36,37,38,39). The highest BCUT2D eigenvalue weighted by atomic mass is 16.5. The Bertz CT molecular complexity index is 1430. The molecule has 0 saturated carbocycles. The van der Waals surface area contributed by atoms with Crippen molar-refractivity contribution in [3.63, 3.8) is 0 Å². The largest absolute Gasteiger partial charge is 0.472 e. The number of piperidine rings is 2. The molecule has 1 aromatic carbocycles.